The summed E-state index contributed by atoms with van der Waals surface area (Å²) in [4.78, 5) is 12.0. The molecule has 1 aromatic heterocycles. The summed E-state index contributed by atoms with van der Waals surface area (Å²) in [5, 5.41) is 24.5. The molecule has 0 aliphatic rings. The van der Waals surface area contributed by atoms with Crippen molar-refractivity contribution in [3.8, 4) is 0 Å². The Morgan fingerprint density at radius 2 is 2.30 bits per heavy atom. The van der Waals surface area contributed by atoms with Crippen LogP contribution in [0.15, 0.2) is 18.2 Å². The van der Waals surface area contributed by atoms with Gasteiger partial charge < -0.3 is 4.90 Å². The molecule has 2 rings (SSSR count). The molecule has 1 heterocycles. The van der Waals surface area contributed by atoms with Crippen molar-refractivity contribution in [3.05, 3.63) is 40.0 Å². The molecule has 0 aliphatic carbocycles. The number of hydrogen-bond donors (Lipinski definition) is 1. The number of nitro groups is 1. The topological polar surface area (TPSA) is 101 Å². The standard InChI is InChI=1S/C11H13FN6O2/c1-7(11-13-15-16-14-11)6-17(2)9-4-3-8(12)5-10(9)18(19)20/h3-5,7H,6H2,1-2H3,(H,13,14,15,16)/t7-/m1/s1. The lowest BCUT2D eigenvalue weighted by Gasteiger charge is -2.21. The number of likely N-dealkylation sites (N-methyl/N-ethyl adjacent to an activating group) is 1. The second-order valence-corrected chi connectivity index (χ2v) is 4.44. The van der Waals surface area contributed by atoms with E-state index >= 15 is 0 Å². The summed E-state index contributed by atoms with van der Waals surface area (Å²) >= 11 is 0. The number of nitrogens with one attached hydrogen (secondary N) is 1. The van der Waals surface area contributed by atoms with Crippen LogP contribution in [-0.4, -0.2) is 39.1 Å². The molecular formula is C11H13FN6O2. The second kappa shape index (κ2) is 5.59. The summed E-state index contributed by atoms with van der Waals surface area (Å²) in [6.07, 6.45) is 0. The van der Waals surface area contributed by atoms with Crippen LogP contribution in [0.4, 0.5) is 15.8 Å². The minimum absolute atomic E-state index is 0.0802. The SMILES string of the molecule is C[C@H](CN(C)c1ccc(F)cc1[N+](=O)[O-])c1nn[nH]n1. The number of benzene rings is 1. The van der Waals surface area contributed by atoms with Crippen molar-refractivity contribution in [3.63, 3.8) is 0 Å². The molecule has 20 heavy (non-hydrogen) atoms. The summed E-state index contributed by atoms with van der Waals surface area (Å²) in [6.45, 7) is 2.31. The van der Waals surface area contributed by atoms with E-state index in [9.17, 15) is 14.5 Å². The van der Waals surface area contributed by atoms with E-state index in [-0.39, 0.29) is 11.6 Å². The van der Waals surface area contributed by atoms with Crippen molar-refractivity contribution in [2.75, 3.05) is 18.5 Å². The first-order valence-electron chi connectivity index (χ1n) is 5.87. The Bertz CT molecular complexity index is 603. The van der Waals surface area contributed by atoms with Crippen LogP contribution in [0.2, 0.25) is 0 Å². The lowest BCUT2D eigenvalue weighted by molar-refractivity contribution is -0.384. The Labute approximate surface area is 113 Å². The third-order valence-electron chi connectivity index (χ3n) is 2.90. The van der Waals surface area contributed by atoms with Gasteiger partial charge >= 0.3 is 0 Å². The molecule has 0 saturated carbocycles. The van der Waals surface area contributed by atoms with Crippen molar-refractivity contribution in [1.29, 1.82) is 0 Å². The lowest BCUT2D eigenvalue weighted by atomic mass is 10.1. The Hall–Kier alpha value is -2.58. The molecule has 0 spiro atoms. The van der Waals surface area contributed by atoms with Crippen LogP contribution in [0, 0.1) is 15.9 Å². The van der Waals surface area contributed by atoms with Crippen molar-refractivity contribution in [2.45, 2.75) is 12.8 Å². The van der Waals surface area contributed by atoms with Gasteiger partial charge in [0.05, 0.1) is 11.0 Å². The fourth-order valence-electron chi connectivity index (χ4n) is 1.93. The maximum absolute atomic E-state index is 13.1. The molecule has 1 atom stereocenters. The Kier molecular flexibility index (Phi) is 3.87. The normalized spacial score (nSPS) is 12.2. The number of rotatable bonds is 5. The Morgan fingerprint density at radius 3 is 2.90 bits per heavy atom. The molecule has 1 N–H and O–H groups in total. The maximum atomic E-state index is 13.1. The first-order valence-corrected chi connectivity index (χ1v) is 5.87. The first kappa shape index (κ1) is 13.8. The van der Waals surface area contributed by atoms with Crippen LogP contribution in [0.25, 0.3) is 0 Å². The Balaban J connectivity index is 2.21. The quantitative estimate of drug-likeness (QED) is 0.657. The molecule has 1 aromatic carbocycles. The largest absolute Gasteiger partial charge is 0.368 e. The van der Waals surface area contributed by atoms with Crippen LogP contribution < -0.4 is 4.90 Å². The maximum Gasteiger partial charge on any atom is 0.295 e. The van der Waals surface area contributed by atoms with Gasteiger partial charge in [0.15, 0.2) is 5.82 Å². The van der Waals surface area contributed by atoms with E-state index in [0.29, 0.717) is 18.1 Å². The number of H-pyrrole nitrogens is 1. The molecule has 9 heteroatoms. The third kappa shape index (κ3) is 2.87. The number of nitrogens with zero attached hydrogens (tertiary/aromatic N) is 5. The monoisotopic (exact) mass is 280 g/mol. The number of anilines is 1. The zero-order valence-corrected chi connectivity index (χ0v) is 10.9. The van der Waals surface area contributed by atoms with Gasteiger partial charge in [0.25, 0.3) is 5.69 Å². The van der Waals surface area contributed by atoms with Gasteiger partial charge in [0.2, 0.25) is 0 Å². The van der Waals surface area contributed by atoms with Gasteiger partial charge in [0, 0.05) is 19.5 Å². The molecule has 2 aromatic rings. The van der Waals surface area contributed by atoms with E-state index in [1.54, 1.807) is 11.9 Å². The van der Waals surface area contributed by atoms with E-state index in [1.165, 1.54) is 12.1 Å². The first-order chi connectivity index (χ1) is 9.49. The lowest BCUT2D eigenvalue weighted by Crippen LogP contribution is -2.24. The van der Waals surface area contributed by atoms with Crippen molar-refractivity contribution >= 4 is 11.4 Å². The number of halogens is 1. The number of nitro benzene ring substituents is 1. The predicted molar refractivity (Wildman–Crippen MR) is 68.9 cm³/mol. The number of hydrogen-bond acceptors (Lipinski definition) is 6. The van der Waals surface area contributed by atoms with Crippen LogP contribution in [0.3, 0.4) is 0 Å². The van der Waals surface area contributed by atoms with E-state index in [1.807, 2.05) is 6.92 Å². The summed E-state index contributed by atoms with van der Waals surface area (Å²) in [7, 11) is 1.69. The van der Waals surface area contributed by atoms with Crippen molar-refractivity contribution < 1.29 is 9.31 Å². The highest BCUT2D eigenvalue weighted by Crippen LogP contribution is 2.29. The summed E-state index contributed by atoms with van der Waals surface area (Å²) < 4.78 is 13.1. The van der Waals surface area contributed by atoms with E-state index in [2.05, 4.69) is 20.6 Å². The molecule has 106 valence electrons. The van der Waals surface area contributed by atoms with E-state index < -0.39 is 10.7 Å². The highest BCUT2D eigenvalue weighted by atomic mass is 19.1. The molecule has 0 fully saturated rings. The predicted octanol–water partition coefficient (Wildman–Crippen LogP) is 1.49. The van der Waals surface area contributed by atoms with Crippen LogP contribution in [0.5, 0.6) is 0 Å². The molecular weight excluding hydrogens is 267 g/mol. The molecule has 0 aliphatic heterocycles. The fourth-order valence-corrected chi connectivity index (χ4v) is 1.93. The summed E-state index contributed by atoms with van der Waals surface area (Å²) in [5.41, 5.74) is 0.0690. The minimum Gasteiger partial charge on any atom is -0.368 e. The van der Waals surface area contributed by atoms with Gasteiger partial charge in [-0.3, -0.25) is 10.1 Å². The number of tetrazole rings is 1. The Morgan fingerprint density at radius 1 is 1.55 bits per heavy atom. The van der Waals surface area contributed by atoms with Crippen LogP contribution >= 0.6 is 0 Å². The van der Waals surface area contributed by atoms with Gasteiger partial charge in [0.1, 0.15) is 11.5 Å². The fraction of sp³-hybridized carbons (Fsp3) is 0.364. The molecule has 0 unspecified atom stereocenters. The van der Waals surface area contributed by atoms with Gasteiger partial charge in [-0.1, -0.05) is 12.1 Å². The average Bonchev–Trinajstić information content (AvgIpc) is 2.92. The highest BCUT2D eigenvalue weighted by molar-refractivity contribution is 5.62. The summed E-state index contributed by atoms with van der Waals surface area (Å²) in [5.74, 6) is -0.204. The van der Waals surface area contributed by atoms with Gasteiger partial charge in [-0.25, -0.2) is 4.39 Å². The second-order valence-electron chi connectivity index (χ2n) is 4.44. The summed E-state index contributed by atoms with van der Waals surface area (Å²) in [6, 6.07) is 3.49. The smallest absolute Gasteiger partial charge is 0.295 e. The van der Waals surface area contributed by atoms with Gasteiger partial charge in [-0.2, -0.15) is 5.21 Å². The minimum atomic E-state index is -0.639. The molecule has 0 bridgehead atoms. The van der Waals surface area contributed by atoms with E-state index in [0.717, 1.165) is 6.07 Å². The van der Waals surface area contributed by atoms with Crippen molar-refractivity contribution in [1.82, 2.24) is 20.6 Å². The molecule has 8 nitrogen and oxygen atoms in total. The van der Waals surface area contributed by atoms with Crippen LogP contribution in [-0.2, 0) is 0 Å². The zero-order valence-electron chi connectivity index (χ0n) is 10.9. The highest BCUT2D eigenvalue weighted by Gasteiger charge is 2.21. The third-order valence-corrected chi connectivity index (χ3v) is 2.90. The molecule has 0 amide bonds. The molecule has 0 radical (unpaired) electrons. The van der Waals surface area contributed by atoms with Gasteiger partial charge in [-0.15, -0.1) is 10.2 Å². The molecule has 0 saturated heterocycles. The van der Waals surface area contributed by atoms with Crippen molar-refractivity contribution in [2.24, 2.45) is 0 Å². The zero-order chi connectivity index (χ0) is 14.7. The van der Waals surface area contributed by atoms with E-state index in [4.69, 9.17) is 0 Å². The van der Waals surface area contributed by atoms with Gasteiger partial charge in [-0.05, 0) is 12.1 Å². The average molecular weight is 280 g/mol. The number of aromatic nitrogens is 4. The number of aromatic amines is 1. The van der Waals surface area contributed by atoms with Crippen LogP contribution in [0.1, 0.15) is 18.7 Å².